The minimum atomic E-state index is -0.268. The molecule has 0 radical (unpaired) electrons. The van der Waals surface area contributed by atoms with Crippen LogP contribution in [0.2, 0.25) is 5.02 Å². The first-order chi connectivity index (χ1) is 11.6. The number of nitrogens with one attached hydrogen (secondary N) is 1. The Morgan fingerprint density at radius 2 is 1.96 bits per heavy atom. The van der Waals surface area contributed by atoms with Gasteiger partial charge in [-0.25, -0.2) is 0 Å². The number of benzene rings is 1. The van der Waals surface area contributed by atoms with E-state index < -0.39 is 0 Å². The van der Waals surface area contributed by atoms with Crippen molar-refractivity contribution in [1.82, 2.24) is 10.2 Å². The summed E-state index contributed by atoms with van der Waals surface area (Å²) in [6.45, 7) is 2.37. The molecule has 2 saturated heterocycles. The van der Waals surface area contributed by atoms with Crippen molar-refractivity contribution in [2.45, 2.75) is 38.3 Å². The quantitative estimate of drug-likeness (QED) is 0.907. The fourth-order valence-corrected chi connectivity index (χ4v) is 3.51. The molecule has 2 aliphatic heterocycles. The molecule has 1 unspecified atom stereocenters. The summed E-state index contributed by atoms with van der Waals surface area (Å²) in [5, 5.41) is 3.62. The monoisotopic (exact) mass is 350 g/mol. The second kappa shape index (κ2) is 7.99. The molecule has 130 valence electrons. The van der Waals surface area contributed by atoms with Crippen LogP contribution in [0.4, 0.5) is 0 Å². The molecule has 24 heavy (non-hydrogen) atoms. The van der Waals surface area contributed by atoms with Crippen LogP contribution in [0.3, 0.4) is 0 Å². The Morgan fingerprint density at radius 1 is 1.21 bits per heavy atom. The highest BCUT2D eigenvalue weighted by molar-refractivity contribution is 6.31. The first-order valence-corrected chi connectivity index (χ1v) is 8.94. The summed E-state index contributed by atoms with van der Waals surface area (Å²) in [7, 11) is 0. The number of ether oxygens (including phenoxy) is 1. The Hall–Kier alpha value is -1.59. The Labute approximate surface area is 147 Å². The number of carbonyl (C=O) groups excluding carboxylic acids is 2. The first kappa shape index (κ1) is 17.2. The van der Waals surface area contributed by atoms with E-state index in [0.717, 1.165) is 18.4 Å². The third-order valence-corrected chi connectivity index (χ3v) is 5.16. The van der Waals surface area contributed by atoms with E-state index in [1.807, 2.05) is 29.2 Å². The van der Waals surface area contributed by atoms with Gasteiger partial charge in [0.2, 0.25) is 5.91 Å². The molecule has 2 heterocycles. The van der Waals surface area contributed by atoms with Gasteiger partial charge < -0.3 is 15.0 Å². The van der Waals surface area contributed by atoms with E-state index in [2.05, 4.69) is 5.32 Å². The first-order valence-electron chi connectivity index (χ1n) is 8.56. The Kier molecular flexibility index (Phi) is 5.74. The van der Waals surface area contributed by atoms with Crippen molar-refractivity contribution < 1.29 is 14.3 Å². The Bertz CT molecular complexity index is 594. The molecule has 1 atom stereocenters. The lowest BCUT2D eigenvalue weighted by molar-refractivity contribution is -0.143. The molecule has 6 heteroatoms. The van der Waals surface area contributed by atoms with Gasteiger partial charge >= 0.3 is 0 Å². The summed E-state index contributed by atoms with van der Waals surface area (Å²) in [5.74, 6) is 0.0857. The van der Waals surface area contributed by atoms with Gasteiger partial charge in [0, 0.05) is 37.2 Å². The van der Waals surface area contributed by atoms with E-state index in [4.69, 9.17) is 16.3 Å². The average molecular weight is 351 g/mol. The fourth-order valence-electron chi connectivity index (χ4n) is 3.31. The van der Waals surface area contributed by atoms with E-state index in [0.29, 0.717) is 44.1 Å². The minimum absolute atomic E-state index is 0.0407. The predicted molar refractivity (Wildman–Crippen MR) is 91.6 cm³/mol. The topological polar surface area (TPSA) is 58.6 Å². The van der Waals surface area contributed by atoms with Crippen LogP contribution in [-0.2, 0) is 20.9 Å². The molecule has 2 aliphatic rings. The number of carbonyl (C=O) groups is 2. The van der Waals surface area contributed by atoms with Crippen LogP contribution in [0.5, 0.6) is 0 Å². The van der Waals surface area contributed by atoms with Gasteiger partial charge in [-0.2, -0.15) is 0 Å². The maximum atomic E-state index is 12.3. The summed E-state index contributed by atoms with van der Waals surface area (Å²) in [6.07, 6.45) is 2.91. The summed E-state index contributed by atoms with van der Waals surface area (Å²) in [4.78, 5) is 26.5. The number of nitrogens with zero attached hydrogens (tertiary/aromatic N) is 1. The maximum Gasteiger partial charge on any atom is 0.251 e. The standard InChI is InChI=1S/C18H23ClN2O3/c19-15-5-2-1-4-14(15)12-20-17(22)13-7-9-21(10-8-13)18(23)16-6-3-11-24-16/h1-2,4-5,13,16H,3,6-12H2,(H,20,22). The lowest BCUT2D eigenvalue weighted by Crippen LogP contribution is -2.46. The largest absolute Gasteiger partial charge is 0.368 e. The van der Waals surface area contributed by atoms with Gasteiger partial charge in [-0.15, -0.1) is 0 Å². The summed E-state index contributed by atoms with van der Waals surface area (Å²) >= 11 is 6.10. The van der Waals surface area contributed by atoms with E-state index in [1.165, 1.54) is 0 Å². The second-order valence-electron chi connectivity index (χ2n) is 6.41. The third-order valence-electron chi connectivity index (χ3n) is 4.79. The number of halogens is 1. The van der Waals surface area contributed by atoms with Crippen molar-refractivity contribution in [2.24, 2.45) is 5.92 Å². The fraction of sp³-hybridized carbons (Fsp3) is 0.556. The van der Waals surface area contributed by atoms with Crippen LogP contribution in [-0.4, -0.2) is 42.5 Å². The number of piperidine rings is 1. The van der Waals surface area contributed by atoms with Gasteiger partial charge in [-0.1, -0.05) is 29.8 Å². The average Bonchev–Trinajstić information content (AvgIpc) is 3.15. The highest BCUT2D eigenvalue weighted by Gasteiger charge is 2.32. The lowest BCUT2D eigenvalue weighted by atomic mass is 9.95. The Morgan fingerprint density at radius 3 is 2.62 bits per heavy atom. The Balaban J connectivity index is 1.45. The number of rotatable bonds is 4. The molecular weight excluding hydrogens is 328 g/mol. The molecule has 0 bridgehead atoms. The number of likely N-dealkylation sites (tertiary alicyclic amines) is 1. The van der Waals surface area contributed by atoms with Crippen LogP contribution in [0.1, 0.15) is 31.2 Å². The van der Waals surface area contributed by atoms with Crippen molar-refractivity contribution in [2.75, 3.05) is 19.7 Å². The molecule has 0 spiro atoms. The molecule has 3 rings (SSSR count). The van der Waals surface area contributed by atoms with Gasteiger partial charge in [0.1, 0.15) is 6.10 Å². The predicted octanol–water partition coefficient (Wildman–Crippen LogP) is 2.37. The smallest absolute Gasteiger partial charge is 0.251 e. The molecule has 0 aliphatic carbocycles. The van der Waals surface area contributed by atoms with Crippen molar-refractivity contribution in [3.63, 3.8) is 0 Å². The van der Waals surface area contributed by atoms with Crippen molar-refractivity contribution in [3.8, 4) is 0 Å². The molecule has 1 aromatic rings. The third kappa shape index (κ3) is 4.08. The lowest BCUT2D eigenvalue weighted by Gasteiger charge is -2.32. The zero-order chi connectivity index (χ0) is 16.9. The molecule has 0 aromatic heterocycles. The molecule has 2 amide bonds. The van der Waals surface area contributed by atoms with Crippen LogP contribution in [0, 0.1) is 5.92 Å². The van der Waals surface area contributed by atoms with Gasteiger partial charge in [0.15, 0.2) is 0 Å². The van der Waals surface area contributed by atoms with E-state index in [1.54, 1.807) is 0 Å². The number of hydrogen-bond donors (Lipinski definition) is 1. The summed E-state index contributed by atoms with van der Waals surface area (Å²) < 4.78 is 5.46. The highest BCUT2D eigenvalue weighted by atomic mass is 35.5. The number of hydrogen-bond acceptors (Lipinski definition) is 3. The van der Waals surface area contributed by atoms with Crippen molar-refractivity contribution in [1.29, 1.82) is 0 Å². The SMILES string of the molecule is O=C(NCc1ccccc1Cl)C1CCN(C(=O)C2CCCO2)CC1. The highest BCUT2D eigenvalue weighted by Crippen LogP contribution is 2.22. The summed E-state index contributed by atoms with van der Waals surface area (Å²) in [6, 6.07) is 7.50. The van der Waals surface area contributed by atoms with Crippen molar-refractivity contribution in [3.05, 3.63) is 34.9 Å². The maximum absolute atomic E-state index is 12.3. The zero-order valence-electron chi connectivity index (χ0n) is 13.7. The molecule has 5 nitrogen and oxygen atoms in total. The van der Waals surface area contributed by atoms with E-state index in [-0.39, 0.29) is 23.8 Å². The van der Waals surface area contributed by atoms with Crippen LogP contribution < -0.4 is 5.32 Å². The molecule has 1 aromatic carbocycles. The minimum Gasteiger partial charge on any atom is -0.368 e. The normalized spacial score (nSPS) is 21.7. The molecule has 2 fully saturated rings. The van der Waals surface area contributed by atoms with Gasteiger partial charge in [0.05, 0.1) is 0 Å². The van der Waals surface area contributed by atoms with Gasteiger partial charge in [0.25, 0.3) is 5.91 Å². The van der Waals surface area contributed by atoms with Crippen LogP contribution in [0.15, 0.2) is 24.3 Å². The zero-order valence-corrected chi connectivity index (χ0v) is 14.4. The van der Waals surface area contributed by atoms with Crippen molar-refractivity contribution >= 4 is 23.4 Å². The van der Waals surface area contributed by atoms with Gasteiger partial charge in [-0.05, 0) is 37.3 Å². The second-order valence-corrected chi connectivity index (χ2v) is 6.82. The molecule has 1 N–H and O–H groups in total. The van der Waals surface area contributed by atoms with Crippen LogP contribution in [0.25, 0.3) is 0 Å². The van der Waals surface area contributed by atoms with Crippen LogP contribution >= 0.6 is 11.6 Å². The van der Waals surface area contributed by atoms with E-state index in [9.17, 15) is 9.59 Å². The van der Waals surface area contributed by atoms with Gasteiger partial charge in [-0.3, -0.25) is 9.59 Å². The number of amides is 2. The molecule has 0 saturated carbocycles. The van der Waals surface area contributed by atoms with E-state index >= 15 is 0 Å². The summed E-state index contributed by atoms with van der Waals surface area (Å²) in [5.41, 5.74) is 0.915. The molecular formula is C18H23ClN2O3.